The summed E-state index contributed by atoms with van der Waals surface area (Å²) < 4.78 is 5.13. The Morgan fingerprint density at radius 2 is 2.06 bits per heavy atom. The second-order valence-corrected chi connectivity index (χ2v) is 5.09. The van der Waals surface area contributed by atoms with Crippen molar-refractivity contribution in [2.75, 3.05) is 7.11 Å². The third-order valence-corrected chi connectivity index (χ3v) is 3.60. The number of methoxy groups -OCH3 is 1. The SMILES string of the molecule is COCc1cccc(CN[C@H]2CCCC[C@@H]2O)c1. The van der Waals surface area contributed by atoms with E-state index in [-0.39, 0.29) is 12.1 Å². The lowest BCUT2D eigenvalue weighted by atomic mass is 9.92. The monoisotopic (exact) mass is 249 g/mol. The first-order chi connectivity index (χ1) is 8.79. The van der Waals surface area contributed by atoms with E-state index in [2.05, 4.69) is 29.6 Å². The zero-order chi connectivity index (χ0) is 12.8. The quantitative estimate of drug-likeness (QED) is 0.841. The van der Waals surface area contributed by atoms with Gasteiger partial charge in [0, 0.05) is 19.7 Å². The minimum Gasteiger partial charge on any atom is -0.392 e. The molecule has 0 heterocycles. The predicted octanol–water partition coefficient (Wildman–Crippen LogP) is 2.23. The van der Waals surface area contributed by atoms with Gasteiger partial charge in [0.25, 0.3) is 0 Å². The summed E-state index contributed by atoms with van der Waals surface area (Å²) in [4.78, 5) is 0. The molecule has 2 N–H and O–H groups in total. The van der Waals surface area contributed by atoms with Crippen LogP contribution in [0.3, 0.4) is 0 Å². The van der Waals surface area contributed by atoms with Crippen LogP contribution >= 0.6 is 0 Å². The van der Waals surface area contributed by atoms with E-state index in [1.54, 1.807) is 7.11 Å². The fourth-order valence-electron chi connectivity index (χ4n) is 2.59. The molecule has 0 aromatic heterocycles. The highest BCUT2D eigenvalue weighted by molar-refractivity contribution is 5.23. The summed E-state index contributed by atoms with van der Waals surface area (Å²) >= 11 is 0. The molecule has 1 saturated carbocycles. The van der Waals surface area contributed by atoms with Gasteiger partial charge < -0.3 is 15.2 Å². The van der Waals surface area contributed by atoms with E-state index in [4.69, 9.17) is 4.74 Å². The summed E-state index contributed by atoms with van der Waals surface area (Å²) in [5.74, 6) is 0. The van der Waals surface area contributed by atoms with Gasteiger partial charge >= 0.3 is 0 Å². The Labute approximate surface area is 109 Å². The maximum absolute atomic E-state index is 9.90. The number of benzene rings is 1. The van der Waals surface area contributed by atoms with Crippen molar-refractivity contribution in [3.8, 4) is 0 Å². The average molecular weight is 249 g/mol. The average Bonchev–Trinajstić information content (AvgIpc) is 2.39. The number of hydrogen-bond acceptors (Lipinski definition) is 3. The summed E-state index contributed by atoms with van der Waals surface area (Å²) in [6.07, 6.45) is 4.21. The zero-order valence-corrected chi connectivity index (χ0v) is 11.1. The van der Waals surface area contributed by atoms with Crippen LogP contribution in [0, 0.1) is 0 Å². The topological polar surface area (TPSA) is 41.5 Å². The number of aliphatic hydroxyl groups excluding tert-OH is 1. The fraction of sp³-hybridized carbons (Fsp3) is 0.600. The molecule has 0 spiro atoms. The second-order valence-electron chi connectivity index (χ2n) is 5.09. The van der Waals surface area contributed by atoms with Crippen LogP contribution in [0.5, 0.6) is 0 Å². The number of hydrogen-bond donors (Lipinski definition) is 2. The lowest BCUT2D eigenvalue weighted by molar-refractivity contribution is 0.0902. The molecule has 0 bridgehead atoms. The van der Waals surface area contributed by atoms with Crippen LogP contribution in [0.15, 0.2) is 24.3 Å². The highest BCUT2D eigenvalue weighted by Gasteiger charge is 2.21. The standard InChI is InChI=1S/C15H23NO2/c1-18-11-13-6-4-5-12(9-13)10-16-14-7-2-3-8-15(14)17/h4-6,9,14-17H,2-3,7-8,10-11H2,1H3/t14-,15-/m0/s1. The molecular formula is C15H23NO2. The minimum absolute atomic E-state index is 0.180. The van der Waals surface area contributed by atoms with Gasteiger partial charge in [0.2, 0.25) is 0 Å². The first-order valence-corrected chi connectivity index (χ1v) is 6.78. The fourth-order valence-corrected chi connectivity index (χ4v) is 2.59. The van der Waals surface area contributed by atoms with Crippen molar-refractivity contribution in [3.05, 3.63) is 35.4 Å². The van der Waals surface area contributed by atoms with Crippen LogP contribution in [0.4, 0.5) is 0 Å². The van der Waals surface area contributed by atoms with Gasteiger partial charge in [0.1, 0.15) is 0 Å². The van der Waals surface area contributed by atoms with E-state index in [0.717, 1.165) is 25.8 Å². The first kappa shape index (κ1) is 13.5. The lowest BCUT2D eigenvalue weighted by Crippen LogP contribution is -2.41. The van der Waals surface area contributed by atoms with E-state index in [0.29, 0.717) is 6.61 Å². The lowest BCUT2D eigenvalue weighted by Gasteiger charge is -2.28. The molecule has 18 heavy (non-hydrogen) atoms. The van der Waals surface area contributed by atoms with Crippen LogP contribution in [-0.2, 0) is 17.9 Å². The van der Waals surface area contributed by atoms with E-state index in [1.807, 2.05) is 0 Å². The van der Waals surface area contributed by atoms with Gasteiger partial charge in [-0.05, 0) is 24.0 Å². The maximum atomic E-state index is 9.90. The molecule has 1 aromatic rings. The van der Waals surface area contributed by atoms with Crippen LogP contribution in [-0.4, -0.2) is 24.4 Å². The molecule has 3 nitrogen and oxygen atoms in total. The van der Waals surface area contributed by atoms with Crippen molar-refractivity contribution in [1.82, 2.24) is 5.32 Å². The van der Waals surface area contributed by atoms with E-state index in [9.17, 15) is 5.11 Å². The molecule has 0 radical (unpaired) electrons. The number of nitrogens with one attached hydrogen (secondary N) is 1. The summed E-state index contributed by atoms with van der Waals surface area (Å²) in [6.45, 7) is 1.47. The predicted molar refractivity (Wildman–Crippen MR) is 72.3 cm³/mol. The highest BCUT2D eigenvalue weighted by atomic mass is 16.5. The van der Waals surface area contributed by atoms with Gasteiger partial charge in [-0.3, -0.25) is 0 Å². The molecule has 0 aliphatic heterocycles. The molecule has 0 amide bonds. The highest BCUT2D eigenvalue weighted by Crippen LogP contribution is 2.18. The molecule has 0 saturated heterocycles. The summed E-state index contributed by atoms with van der Waals surface area (Å²) in [5, 5.41) is 13.4. The molecule has 3 heteroatoms. The Bertz CT molecular complexity index is 367. The van der Waals surface area contributed by atoms with Crippen LogP contribution in [0.2, 0.25) is 0 Å². The Morgan fingerprint density at radius 3 is 2.83 bits per heavy atom. The first-order valence-electron chi connectivity index (χ1n) is 6.78. The molecule has 2 rings (SSSR count). The van der Waals surface area contributed by atoms with Crippen molar-refractivity contribution in [2.24, 2.45) is 0 Å². The Kier molecular flexibility index (Phi) is 5.17. The molecule has 0 unspecified atom stereocenters. The molecule has 1 aliphatic carbocycles. The van der Waals surface area contributed by atoms with Crippen molar-refractivity contribution in [3.63, 3.8) is 0 Å². The molecular weight excluding hydrogens is 226 g/mol. The van der Waals surface area contributed by atoms with Gasteiger partial charge in [-0.1, -0.05) is 37.1 Å². The van der Waals surface area contributed by atoms with Gasteiger partial charge in [0.15, 0.2) is 0 Å². The van der Waals surface area contributed by atoms with Crippen LogP contribution in [0.1, 0.15) is 36.8 Å². The molecule has 1 fully saturated rings. The van der Waals surface area contributed by atoms with Gasteiger partial charge in [-0.2, -0.15) is 0 Å². The summed E-state index contributed by atoms with van der Waals surface area (Å²) in [5.41, 5.74) is 2.45. The Balaban J connectivity index is 1.87. The largest absolute Gasteiger partial charge is 0.392 e. The van der Waals surface area contributed by atoms with Crippen molar-refractivity contribution >= 4 is 0 Å². The normalized spacial score (nSPS) is 24.1. The number of ether oxygens (including phenoxy) is 1. The molecule has 2 atom stereocenters. The smallest absolute Gasteiger partial charge is 0.0713 e. The zero-order valence-electron chi connectivity index (χ0n) is 11.1. The van der Waals surface area contributed by atoms with Crippen molar-refractivity contribution in [1.29, 1.82) is 0 Å². The van der Waals surface area contributed by atoms with Crippen molar-refractivity contribution < 1.29 is 9.84 Å². The third kappa shape index (κ3) is 3.80. The van der Waals surface area contributed by atoms with Crippen LogP contribution in [0.25, 0.3) is 0 Å². The third-order valence-electron chi connectivity index (χ3n) is 3.60. The maximum Gasteiger partial charge on any atom is 0.0713 e. The molecule has 1 aliphatic rings. The number of rotatable bonds is 5. The van der Waals surface area contributed by atoms with E-state index >= 15 is 0 Å². The van der Waals surface area contributed by atoms with Gasteiger partial charge in [-0.25, -0.2) is 0 Å². The van der Waals surface area contributed by atoms with Crippen molar-refractivity contribution in [2.45, 2.75) is 51.0 Å². The van der Waals surface area contributed by atoms with E-state index < -0.39 is 0 Å². The Morgan fingerprint density at radius 1 is 1.28 bits per heavy atom. The Hall–Kier alpha value is -0.900. The van der Waals surface area contributed by atoms with Gasteiger partial charge in [-0.15, -0.1) is 0 Å². The summed E-state index contributed by atoms with van der Waals surface area (Å²) in [7, 11) is 1.71. The molecule has 100 valence electrons. The molecule has 1 aromatic carbocycles. The van der Waals surface area contributed by atoms with Crippen LogP contribution < -0.4 is 5.32 Å². The van der Waals surface area contributed by atoms with E-state index in [1.165, 1.54) is 17.5 Å². The summed E-state index contributed by atoms with van der Waals surface area (Å²) in [6, 6.07) is 8.66. The minimum atomic E-state index is -0.180. The van der Waals surface area contributed by atoms with Gasteiger partial charge in [0.05, 0.1) is 12.7 Å². The number of aliphatic hydroxyl groups is 1. The second kappa shape index (κ2) is 6.88.